The molecule has 0 saturated carbocycles. The Balaban J connectivity index is 1.51. The largest absolute Gasteiger partial charge is 0.291 e. The summed E-state index contributed by atoms with van der Waals surface area (Å²) in [6.07, 6.45) is 10.4. The minimum atomic E-state index is -0.407. The number of hydrogen-bond donors (Lipinski definition) is 0. The molecule has 6 aromatic rings. The fraction of sp³-hybridized carbons (Fsp3) is 0. The fourth-order valence-electron chi connectivity index (χ4n) is 3.98. The van der Waals surface area contributed by atoms with Crippen LogP contribution < -0.4 is 0 Å². The molecule has 35 heavy (non-hydrogen) atoms. The van der Waals surface area contributed by atoms with Crippen LogP contribution in [0.3, 0.4) is 0 Å². The van der Waals surface area contributed by atoms with Crippen molar-refractivity contribution in [2.24, 2.45) is 0 Å². The summed E-state index contributed by atoms with van der Waals surface area (Å²) in [6.45, 7) is 0. The lowest BCUT2D eigenvalue weighted by atomic mass is 9.99. The van der Waals surface area contributed by atoms with Gasteiger partial charge in [0, 0.05) is 58.1 Å². The summed E-state index contributed by atoms with van der Waals surface area (Å²) < 4.78 is 16.5. The van der Waals surface area contributed by atoms with Gasteiger partial charge in [-0.2, -0.15) is 0 Å². The number of imidazole rings is 1. The molecule has 1 aromatic carbocycles. The zero-order valence-electron chi connectivity index (χ0n) is 18.2. The average molecular weight is 479 g/mol. The van der Waals surface area contributed by atoms with Crippen LogP contribution in [0.25, 0.3) is 50.5 Å². The van der Waals surface area contributed by atoms with E-state index in [0.717, 1.165) is 33.6 Å². The highest BCUT2D eigenvalue weighted by Gasteiger charge is 2.15. The lowest BCUT2D eigenvalue weighted by Crippen LogP contribution is -1.96. The molecule has 0 amide bonds. The van der Waals surface area contributed by atoms with E-state index in [2.05, 4.69) is 19.9 Å². The molecule has 0 N–H and O–H groups in total. The van der Waals surface area contributed by atoms with Crippen molar-refractivity contribution in [2.45, 2.75) is 0 Å². The van der Waals surface area contributed by atoms with Crippen LogP contribution in [-0.2, 0) is 0 Å². The van der Waals surface area contributed by atoms with Crippen LogP contribution in [0.1, 0.15) is 0 Å². The normalized spacial score (nSPS) is 11.1. The van der Waals surface area contributed by atoms with E-state index in [4.69, 9.17) is 16.6 Å². The summed E-state index contributed by atoms with van der Waals surface area (Å²) in [6, 6.07) is 17.8. The van der Waals surface area contributed by atoms with Crippen molar-refractivity contribution in [3.05, 3.63) is 109 Å². The van der Waals surface area contributed by atoms with E-state index in [1.807, 2.05) is 53.2 Å². The molecular formula is C27H16ClFN6. The van der Waals surface area contributed by atoms with E-state index >= 15 is 0 Å². The number of pyridine rings is 4. The number of benzene rings is 1. The van der Waals surface area contributed by atoms with Crippen LogP contribution in [0.4, 0.5) is 4.39 Å². The second-order valence-corrected chi connectivity index (χ2v) is 8.30. The molecule has 8 heteroatoms. The topological polar surface area (TPSA) is 69.4 Å². The van der Waals surface area contributed by atoms with Gasteiger partial charge < -0.3 is 0 Å². The van der Waals surface area contributed by atoms with Crippen molar-refractivity contribution in [1.29, 1.82) is 0 Å². The predicted molar refractivity (Wildman–Crippen MR) is 134 cm³/mol. The van der Waals surface area contributed by atoms with Gasteiger partial charge in [0.15, 0.2) is 5.65 Å². The highest BCUT2D eigenvalue weighted by molar-refractivity contribution is 6.30. The molecule has 6 rings (SSSR count). The Bertz CT molecular complexity index is 1680. The van der Waals surface area contributed by atoms with Gasteiger partial charge in [-0.05, 0) is 60.2 Å². The Morgan fingerprint density at radius 3 is 2.57 bits per heavy atom. The molecule has 168 valence electrons. The van der Waals surface area contributed by atoms with Gasteiger partial charge in [0.1, 0.15) is 18.0 Å². The monoisotopic (exact) mass is 478 g/mol. The zero-order valence-corrected chi connectivity index (χ0v) is 18.9. The summed E-state index contributed by atoms with van der Waals surface area (Å²) >= 11 is 6.15. The molecule has 0 aliphatic rings. The van der Waals surface area contributed by atoms with Crippen molar-refractivity contribution in [1.82, 2.24) is 29.5 Å². The third kappa shape index (κ3) is 4.02. The second-order valence-electron chi connectivity index (χ2n) is 7.87. The molecular weight excluding hydrogens is 463 g/mol. The van der Waals surface area contributed by atoms with E-state index < -0.39 is 5.82 Å². The average Bonchev–Trinajstić information content (AvgIpc) is 3.45. The summed E-state index contributed by atoms with van der Waals surface area (Å²) in [5, 5.41) is 1.26. The first kappa shape index (κ1) is 21.1. The summed E-state index contributed by atoms with van der Waals surface area (Å²) in [4.78, 5) is 22.4. The fourth-order valence-corrected chi connectivity index (χ4v) is 4.15. The minimum absolute atomic E-state index is 0.310. The van der Waals surface area contributed by atoms with E-state index in [1.54, 1.807) is 37.2 Å². The number of halogens is 2. The molecule has 0 bridgehead atoms. The quantitative estimate of drug-likeness (QED) is 0.293. The lowest BCUT2D eigenvalue weighted by Gasteiger charge is -2.12. The van der Waals surface area contributed by atoms with Gasteiger partial charge in [0.2, 0.25) is 0 Å². The molecule has 0 aliphatic carbocycles. The van der Waals surface area contributed by atoms with E-state index in [9.17, 15) is 4.39 Å². The Morgan fingerprint density at radius 2 is 1.69 bits per heavy atom. The Morgan fingerprint density at radius 1 is 0.771 bits per heavy atom. The zero-order chi connectivity index (χ0) is 23.8. The number of rotatable bonds is 4. The predicted octanol–water partition coefficient (Wildman–Crippen LogP) is 6.40. The van der Waals surface area contributed by atoms with Gasteiger partial charge in [-0.1, -0.05) is 17.7 Å². The van der Waals surface area contributed by atoms with Crippen molar-refractivity contribution >= 4 is 22.6 Å². The molecule has 5 heterocycles. The molecule has 0 fully saturated rings. The number of hydrogen-bond acceptors (Lipinski definition) is 5. The van der Waals surface area contributed by atoms with E-state index in [0.29, 0.717) is 21.9 Å². The highest BCUT2D eigenvalue weighted by Crippen LogP contribution is 2.34. The number of nitrogens with zero attached hydrogens (tertiary/aromatic N) is 6. The molecule has 0 spiro atoms. The molecule has 6 nitrogen and oxygen atoms in total. The van der Waals surface area contributed by atoms with E-state index in [-0.39, 0.29) is 0 Å². The maximum atomic E-state index is 14.7. The van der Waals surface area contributed by atoms with Crippen LogP contribution >= 0.6 is 11.6 Å². The SMILES string of the molecule is Fc1ccc(Cl)cc1-c1cc(-c2cncc(-c3cccc(-n4ccnc4)n3)c2)c2cccnc2n1. The molecule has 5 aromatic heterocycles. The van der Waals surface area contributed by atoms with Gasteiger partial charge in [0.25, 0.3) is 0 Å². The minimum Gasteiger partial charge on any atom is -0.291 e. The highest BCUT2D eigenvalue weighted by atomic mass is 35.5. The Labute approximate surface area is 204 Å². The maximum absolute atomic E-state index is 14.7. The molecule has 0 aliphatic heterocycles. The van der Waals surface area contributed by atoms with Crippen molar-refractivity contribution in [3.63, 3.8) is 0 Å². The third-order valence-electron chi connectivity index (χ3n) is 5.64. The standard InChI is InChI=1S/C27H16ClFN6/c28-19-6-7-23(29)22(12-19)25-13-21(20-3-2-8-32-27(20)34-25)17-11-18(15-31-14-17)24-4-1-5-26(33-24)35-10-9-30-16-35/h1-16H. The van der Waals surface area contributed by atoms with Crippen LogP contribution in [0.15, 0.2) is 98.0 Å². The van der Waals surface area contributed by atoms with Gasteiger partial charge in [0.05, 0.1) is 11.4 Å². The molecule has 0 saturated heterocycles. The lowest BCUT2D eigenvalue weighted by molar-refractivity contribution is 0.631. The van der Waals surface area contributed by atoms with Crippen LogP contribution in [0.2, 0.25) is 5.02 Å². The van der Waals surface area contributed by atoms with Crippen molar-refractivity contribution in [3.8, 4) is 39.5 Å². The first-order chi connectivity index (χ1) is 17.2. The van der Waals surface area contributed by atoms with Gasteiger partial charge in [-0.15, -0.1) is 0 Å². The first-order valence-corrected chi connectivity index (χ1v) is 11.2. The maximum Gasteiger partial charge on any atom is 0.160 e. The van der Waals surface area contributed by atoms with Crippen LogP contribution in [-0.4, -0.2) is 29.5 Å². The van der Waals surface area contributed by atoms with Crippen molar-refractivity contribution in [2.75, 3.05) is 0 Å². The van der Waals surface area contributed by atoms with Crippen molar-refractivity contribution < 1.29 is 4.39 Å². The van der Waals surface area contributed by atoms with Gasteiger partial charge >= 0.3 is 0 Å². The Hall–Kier alpha value is -4.49. The Kier molecular flexibility index (Phi) is 5.24. The van der Waals surface area contributed by atoms with E-state index in [1.165, 1.54) is 12.1 Å². The summed E-state index contributed by atoms with van der Waals surface area (Å²) in [5.41, 5.74) is 4.53. The third-order valence-corrected chi connectivity index (χ3v) is 5.87. The number of aromatic nitrogens is 6. The summed E-state index contributed by atoms with van der Waals surface area (Å²) in [7, 11) is 0. The van der Waals surface area contributed by atoms with Crippen LogP contribution in [0.5, 0.6) is 0 Å². The second kappa shape index (κ2) is 8.70. The number of fused-ring (bicyclic) bond motifs is 1. The smallest absolute Gasteiger partial charge is 0.160 e. The first-order valence-electron chi connectivity index (χ1n) is 10.8. The molecule has 0 unspecified atom stereocenters. The molecule has 0 radical (unpaired) electrons. The summed E-state index contributed by atoms with van der Waals surface area (Å²) in [5.74, 6) is 0.346. The van der Waals surface area contributed by atoms with Gasteiger partial charge in [-0.25, -0.2) is 24.3 Å². The molecule has 0 atom stereocenters. The van der Waals surface area contributed by atoms with Crippen LogP contribution in [0, 0.1) is 5.82 Å². The van der Waals surface area contributed by atoms with Gasteiger partial charge in [-0.3, -0.25) is 9.55 Å².